The van der Waals surface area contributed by atoms with E-state index in [1.807, 2.05) is 38.1 Å². The predicted octanol–water partition coefficient (Wildman–Crippen LogP) is 2.38. The lowest BCUT2D eigenvalue weighted by molar-refractivity contribution is -0.122. The molecule has 2 aromatic heterocycles. The molecule has 1 atom stereocenters. The summed E-state index contributed by atoms with van der Waals surface area (Å²) in [5.41, 5.74) is 2.09. The lowest BCUT2D eigenvalue weighted by Crippen LogP contribution is -2.33. The Morgan fingerprint density at radius 3 is 2.71 bits per heavy atom. The van der Waals surface area contributed by atoms with Crippen LogP contribution in [0.15, 0.2) is 42.9 Å². The molecule has 0 fully saturated rings. The first-order chi connectivity index (χ1) is 13.5. The maximum absolute atomic E-state index is 12.4. The highest BCUT2D eigenvalue weighted by Gasteiger charge is 2.21. The van der Waals surface area contributed by atoms with Crippen LogP contribution in [0.3, 0.4) is 0 Å². The molecule has 0 radical (unpaired) electrons. The van der Waals surface area contributed by atoms with Crippen LogP contribution < -0.4 is 10.6 Å². The maximum Gasteiger partial charge on any atom is 0.271 e. The second-order valence-corrected chi connectivity index (χ2v) is 6.88. The summed E-state index contributed by atoms with van der Waals surface area (Å²) in [6.45, 7) is 4.47. The highest BCUT2D eigenvalue weighted by molar-refractivity contribution is 5.91. The molecule has 0 saturated carbocycles. The van der Waals surface area contributed by atoms with Crippen molar-refractivity contribution in [1.29, 1.82) is 0 Å². The molecule has 8 heteroatoms. The minimum absolute atomic E-state index is 0.0760. The minimum Gasteiger partial charge on any atom is -0.351 e. The lowest BCUT2D eigenvalue weighted by Gasteiger charge is -2.20. The number of fused-ring (bicyclic) bond motifs is 1. The number of aromatic amines is 1. The second kappa shape index (κ2) is 9.07. The van der Waals surface area contributed by atoms with Gasteiger partial charge in [-0.3, -0.25) is 14.6 Å². The predicted molar refractivity (Wildman–Crippen MR) is 105 cm³/mol. The number of carbonyl (C=O) groups excluding carboxylic acids is 2. The van der Waals surface area contributed by atoms with Gasteiger partial charge in [-0.15, -0.1) is 0 Å². The second-order valence-electron chi connectivity index (χ2n) is 6.88. The summed E-state index contributed by atoms with van der Waals surface area (Å²) in [5, 5.41) is 5.79. The fourth-order valence-corrected chi connectivity index (χ4v) is 2.87. The number of aromatic nitrogens is 4. The van der Waals surface area contributed by atoms with Crippen molar-refractivity contribution >= 4 is 22.8 Å². The van der Waals surface area contributed by atoms with Gasteiger partial charge in [0.15, 0.2) is 0 Å². The molecule has 146 valence electrons. The zero-order valence-corrected chi connectivity index (χ0v) is 16.0. The van der Waals surface area contributed by atoms with Crippen LogP contribution in [-0.4, -0.2) is 38.3 Å². The first-order valence-corrected chi connectivity index (χ1v) is 9.33. The van der Waals surface area contributed by atoms with E-state index >= 15 is 0 Å². The standard InChI is InChI=1S/C20H24N6O2/c1-13(2)18(19-24-14-6-3-4-7-15(14)25-19)26-17(27)8-5-9-23-20(28)16-12-21-10-11-22-16/h3-4,6-7,10-13,18H,5,8-9H2,1-2H3,(H,23,28)(H,24,25)(H,26,27)/t18-/m0/s1. The Morgan fingerprint density at radius 1 is 1.18 bits per heavy atom. The number of hydrogen-bond donors (Lipinski definition) is 3. The fourth-order valence-electron chi connectivity index (χ4n) is 2.87. The van der Waals surface area contributed by atoms with Crippen LogP contribution in [0.1, 0.15) is 49.0 Å². The summed E-state index contributed by atoms with van der Waals surface area (Å²) in [5.74, 6) is 0.560. The van der Waals surface area contributed by atoms with Crippen molar-refractivity contribution in [3.63, 3.8) is 0 Å². The number of para-hydroxylation sites is 2. The van der Waals surface area contributed by atoms with Crippen molar-refractivity contribution in [2.45, 2.75) is 32.7 Å². The molecule has 0 aliphatic rings. The van der Waals surface area contributed by atoms with Crippen LogP contribution in [0, 0.1) is 5.92 Å². The Labute approximate surface area is 163 Å². The van der Waals surface area contributed by atoms with E-state index in [1.165, 1.54) is 18.6 Å². The zero-order valence-electron chi connectivity index (χ0n) is 16.0. The summed E-state index contributed by atoms with van der Waals surface area (Å²) in [6.07, 6.45) is 5.22. The summed E-state index contributed by atoms with van der Waals surface area (Å²) < 4.78 is 0. The lowest BCUT2D eigenvalue weighted by atomic mass is 10.0. The number of nitrogens with zero attached hydrogens (tertiary/aromatic N) is 3. The van der Waals surface area contributed by atoms with Gasteiger partial charge in [0.25, 0.3) is 5.91 Å². The summed E-state index contributed by atoms with van der Waals surface area (Å²) in [4.78, 5) is 40.0. The van der Waals surface area contributed by atoms with Gasteiger partial charge in [0.05, 0.1) is 23.3 Å². The number of carbonyl (C=O) groups is 2. The van der Waals surface area contributed by atoms with Crippen LogP contribution in [0.25, 0.3) is 11.0 Å². The molecule has 0 bridgehead atoms. The molecule has 0 unspecified atom stereocenters. The van der Waals surface area contributed by atoms with Gasteiger partial charge in [-0.2, -0.15) is 0 Å². The highest BCUT2D eigenvalue weighted by Crippen LogP contribution is 2.22. The highest BCUT2D eigenvalue weighted by atomic mass is 16.2. The van der Waals surface area contributed by atoms with E-state index in [9.17, 15) is 9.59 Å². The molecule has 2 heterocycles. The monoisotopic (exact) mass is 380 g/mol. The van der Waals surface area contributed by atoms with Crippen molar-refractivity contribution in [3.8, 4) is 0 Å². The molecule has 8 nitrogen and oxygen atoms in total. The molecule has 0 aliphatic carbocycles. The molecule has 28 heavy (non-hydrogen) atoms. The van der Waals surface area contributed by atoms with Gasteiger partial charge < -0.3 is 15.6 Å². The first kappa shape index (κ1) is 19.5. The van der Waals surface area contributed by atoms with E-state index in [4.69, 9.17) is 0 Å². The van der Waals surface area contributed by atoms with Gasteiger partial charge in [-0.25, -0.2) is 9.97 Å². The Hall–Kier alpha value is -3.29. The summed E-state index contributed by atoms with van der Waals surface area (Å²) in [7, 11) is 0. The molecule has 0 aliphatic heterocycles. The summed E-state index contributed by atoms with van der Waals surface area (Å²) >= 11 is 0. The molecule has 0 spiro atoms. The number of amides is 2. The smallest absolute Gasteiger partial charge is 0.271 e. The van der Waals surface area contributed by atoms with Gasteiger partial charge in [0.2, 0.25) is 5.91 Å². The Kier molecular flexibility index (Phi) is 6.31. The minimum atomic E-state index is -0.296. The summed E-state index contributed by atoms with van der Waals surface area (Å²) in [6, 6.07) is 7.58. The molecule has 1 aromatic carbocycles. The first-order valence-electron chi connectivity index (χ1n) is 9.33. The van der Waals surface area contributed by atoms with Gasteiger partial charge in [-0.05, 0) is 24.5 Å². The molecule has 3 aromatic rings. The van der Waals surface area contributed by atoms with E-state index in [2.05, 4.69) is 30.6 Å². The molecule has 3 N–H and O–H groups in total. The normalized spacial score (nSPS) is 12.1. The number of H-pyrrole nitrogens is 1. The van der Waals surface area contributed by atoms with Crippen LogP contribution in [0.4, 0.5) is 0 Å². The molecule has 3 rings (SSSR count). The van der Waals surface area contributed by atoms with Gasteiger partial charge in [0, 0.05) is 25.4 Å². The van der Waals surface area contributed by atoms with Crippen molar-refractivity contribution in [3.05, 3.63) is 54.4 Å². The quantitative estimate of drug-likeness (QED) is 0.519. The number of benzene rings is 1. The van der Waals surface area contributed by atoms with E-state index in [0.717, 1.165) is 16.9 Å². The van der Waals surface area contributed by atoms with Crippen LogP contribution in [0.5, 0.6) is 0 Å². The van der Waals surface area contributed by atoms with E-state index in [-0.39, 0.29) is 29.5 Å². The Morgan fingerprint density at radius 2 is 2.00 bits per heavy atom. The Balaban J connectivity index is 1.50. The van der Waals surface area contributed by atoms with Crippen molar-refractivity contribution in [2.75, 3.05) is 6.54 Å². The number of imidazole rings is 1. The average Bonchev–Trinajstić information content (AvgIpc) is 3.13. The third-order valence-electron chi connectivity index (χ3n) is 4.35. The van der Waals surface area contributed by atoms with Gasteiger partial charge in [0.1, 0.15) is 11.5 Å². The largest absolute Gasteiger partial charge is 0.351 e. The van der Waals surface area contributed by atoms with Crippen molar-refractivity contribution < 1.29 is 9.59 Å². The fraction of sp³-hybridized carbons (Fsp3) is 0.350. The maximum atomic E-state index is 12.4. The van der Waals surface area contributed by atoms with E-state index in [0.29, 0.717) is 19.4 Å². The Bertz CT molecular complexity index is 905. The molecule has 2 amide bonds. The van der Waals surface area contributed by atoms with Crippen LogP contribution in [-0.2, 0) is 4.79 Å². The number of nitrogens with one attached hydrogen (secondary N) is 3. The third kappa shape index (κ3) is 4.91. The molecule has 0 saturated heterocycles. The van der Waals surface area contributed by atoms with Crippen molar-refractivity contribution in [1.82, 2.24) is 30.6 Å². The molecular weight excluding hydrogens is 356 g/mol. The SMILES string of the molecule is CC(C)[C@H](NC(=O)CCCNC(=O)c1cnccn1)c1nc2ccccc2[nH]1. The van der Waals surface area contributed by atoms with Crippen LogP contribution >= 0.6 is 0 Å². The number of rotatable bonds is 8. The van der Waals surface area contributed by atoms with E-state index in [1.54, 1.807) is 0 Å². The molecular formula is C20H24N6O2. The van der Waals surface area contributed by atoms with Gasteiger partial charge >= 0.3 is 0 Å². The topological polar surface area (TPSA) is 113 Å². The van der Waals surface area contributed by atoms with E-state index < -0.39 is 0 Å². The van der Waals surface area contributed by atoms with Gasteiger partial charge in [-0.1, -0.05) is 26.0 Å². The average molecular weight is 380 g/mol. The van der Waals surface area contributed by atoms with Crippen LogP contribution in [0.2, 0.25) is 0 Å². The third-order valence-corrected chi connectivity index (χ3v) is 4.35. The zero-order chi connectivity index (χ0) is 19.9. The number of hydrogen-bond acceptors (Lipinski definition) is 5. The van der Waals surface area contributed by atoms with Crippen molar-refractivity contribution in [2.24, 2.45) is 5.92 Å².